The summed E-state index contributed by atoms with van der Waals surface area (Å²) < 4.78 is 5.71. The molecule has 1 aromatic rings. The molecule has 0 bridgehead atoms. The average Bonchev–Trinajstić information content (AvgIpc) is 2.89. The van der Waals surface area contributed by atoms with E-state index in [1.165, 1.54) is 23.3 Å². The Morgan fingerprint density at radius 1 is 1.10 bits per heavy atom. The molecule has 0 saturated heterocycles. The van der Waals surface area contributed by atoms with Gasteiger partial charge in [0, 0.05) is 0 Å². The zero-order valence-corrected chi connectivity index (χ0v) is 19.5. The standard InChI is InChI=1S/C27H36O4/c1-6-7-8-9-21(25(30)31-20-13-10-18(11-14-20)24(28)29)19-12-15-22-23(16-19)27(4,5)17-26(22,2)3/h10-15,21,23H,6-9,16-17H2,1-5H3,(H,28,29). The second-order valence-electron chi connectivity index (χ2n) is 10.5. The predicted molar refractivity (Wildman–Crippen MR) is 123 cm³/mol. The van der Waals surface area contributed by atoms with Crippen molar-refractivity contribution in [1.29, 1.82) is 0 Å². The van der Waals surface area contributed by atoms with Crippen molar-refractivity contribution in [2.75, 3.05) is 0 Å². The first-order valence-corrected chi connectivity index (χ1v) is 11.5. The van der Waals surface area contributed by atoms with Crippen molar-refractivity contribution in [1.82, 2.24) is 0 Å². The fraction of sp³-hybridized carbons (Fsp3) is 0.556. The Bertz CT molecular complexity index is 886. The van der Waals surface area contributed by atoms with Gasteiger partial charge in [-0.3, -0.25) is 4.79 Å². The first-order chi connectivity index (χ1) is 14.5. The monoisotopic (exact) mass is 424 g/mol. The number of hydrogen-bond acceptors (Lipinski definition) is 3. The number of carbonyl (C=O) groups is 2. The Labute approximate surface area is 186 Å². The van der Waals surface area contributed by atoms with Gasteiger partial charge in [0.15, 0.2) is 0 Å². The van der Waals surface area contributed by atoms with Crippen LogP contribution in [0.3, 0.4) is 0 Å². The molecule has 4 nitrogen and oxygen atoms in total. The SMILES string of the molecule is CCCCCC(C(=O)Oc1ccc(C(=O)O)cc1)C1=CC=C2C(C1)C(C)(C)CC2(C)C. The molecule has 1 aromatic carbocycles. The molecule has 2 atom stereocenters. The van der Waals surface area contributed by atoms with Crippen LogP contribution in [0.4, 0.5) is 0 Å². The number of carboxylic acid groups (broad SMARTS) is 1. The third-order valence-corrected chi connectivity index (χ3v) is 7.06. The molecule has 4 heteroatoms. The molecule has 2 aliphatic rings. The second kappa shape index (κ2) is 9.02. The fourth-order valence-electron chi connectivity index (χ4n) is 5.65. The van der Waals surface area contributed by atoms with Gasteiger partial charge in [-0.25, -0.2) is 4.79 Å². The Balaban J connectivity index is 1.82. The minimum atomic E-state index is -0.993. The first kappa shape index (κ1) is 23.3. The van der Waals surface area contributed by atoms with E-state index in [4.69, 9.17) is 9.84 Å². The molecular formula is C27H36O4. The van der Waals surface area contributed by atoms with Gasteiger partial charge in [0.05, 0.1) is 11.5 Å². The minimum Gasteiger partial charge on any atom is -0.478 e. The summed E-state index contributed by atoms with van der Waals surface area (Å²) >= 11 is 0. The van der Waals surface area contributed by atoms with E-state index in [9.17, 15) is 9.59 Å². The number of rotatable bonds is 8. The maximum Gasteiger partial charge on any atom is 0.335 e. The summed E-state index contributed by atoms with van der Waals surface area (Å²) in [5.74, 6) is -0.642. The fourth-order valence-corrected chi connectivity index (χ4v) is 5.65. The molecule has 1 saturated carbocycles. The summed E-state index contributed by atoms with van der Waals surface area (Å²) in [5, 5.41) is 9.07. The molecule has 168 valence electrons. The molecule has 0 amide bonds. The van der Waals surface area contributed by atoms with E-state index >= 15 is 0 Å². The maximum absolute atomic E-state index is 13.2. The molecule has 0 radical (unpaired) electrons. The molecule has 0 aromatic heterocycles. The van der Waals surface area contributed by atoms with Gasteiger partial charge in [-0.15, -0.1) is 0 Å². The number of hydrogen-bond donors (Lipinski definition) is 1. The lowest BCUT2D eigenvalue weighted by Gasteiger charge is -2.33. The molecule has 1 fully saturated rings. The van der Waals surface area contributed by atoms with Gasteiger partial charge >= 0.3 is 11.9 Å². The minimum absolute atomic E-state index is 0.179. The highest BCUT2D eigenvalue weighted by molar-refractivity contribution is 5.87. The summed E-state index contributed by atoms with van der Waals surface area (Å²) in [7, 11) is 0. The van der Waals surface area contributed by atoms with Crippen LogP contribution in [-0.2, 0) is 4.79 Å². The van der Waals surface area contributed by atoms with Crippen LogP contribution in [0.2, 0.25) is 0 Å². The van der Waals surface area contributed by atoms with Crippen LogP contribution in [0, 0.1) is 22.7 Å². The molecule has 3 rings (SSSR count). The van der Waals surface area contributed by atoms with E-state index in [1.807, 2.05) is 0 Å². The van der Waals surface area contributed by atoms with Gasteiger partial charge in [-0.2, -0.15) is 0 Å². The van der Waals surface area contributed by atoms with Crippen LogP contribution in [-0.4, -0.2) is 17.0 Å². The van der Waals surface area contributed by atoms with Crippen LogP contribution in [0.15, 0.2) is 47.6 Å². The lowest BCUT2D eigenvalue weighted by atomic mass is 9.72. The van der Waals surface area contributed by atoms with E-state index in [1.54, 1.807) is 12.1 Å². The molecule has 1 N–H and O–H groups in total. The number of aromatic carboxylic acids is 1. The number of esters is 1. The summed E-state index contributed by atoms with van der Waals surface area (Å²) in [6.45, 7) is 11.5. The summed E-state index contributed by atoms with van der Waals surface area (Å²) in [5.41, 5.74) is 3.26. The van der Waals surface area contributed by atoms with Crippen LogP contribution in [0.1, 0.15) is 83.5 Å². The normalized spacial score (nSPS) is 22.2. The lowest BCUT2D eigenvalue weighted by molar-refractivity contribution is -0.138. The van der Waals surface area contributed by atoms with Gasteiger partial charge in [0.1, 0.15) is 5.75 Å². The van der Waals surface area contributed by atoms with Crippen molar-refractivity contribution in [2.45, 2.75) is 73.1 Å². The maximum atomic E-state index is 13.2. The number of fused-ring (bicyclic) bond motifs is 1. The van der Waals surface area contributed by atoms with E-state index < -0.39 is 5.97 Å². The number of carboxylic acids is 1. The lowest BCUT2D eigenvalue weighted by Crippen LogP contribution is -2.28. The van der Waals surface area contributed by atoms with Crippen molar-refractivity contribution in [3.05, 3.63) is 53.1 Å². The second-order valence-corrected chi connectivity index (χ2v) is 10.5. The van der Waals surface area contributed by atoms with Gasteiger partial charge < -0.3 is 9.84 Å². The predicted octanol–water partition coefficient (Wildman–Crippen LogP) is 6.82. The topological polar surface area (TPSA) is 63.6 Å². The highest BCUT2D eigenvalue weighted by Crippen LogP contribution is 2.59. The molecule has 31 heavy (non-hydrogen) atoms. The van der Waals surface area contributed by atoms with Crippen molar-refractivity contribution >= 4 is 11.9 Å². The average molecular weight is 425 g/mol. The van der Waals surface area contributed by atoms with E-state index in [0.717, 1.165) is 38.5 Å². The Morgan fingerprint density at radius 2 is 1.77 bits per heavy atom. The number of benzene rings is 1. The third kappa shape index (κ3) is 5.11. The largest absolute Gasteiger partial charge is 0.478 e. The van der Waals surface area contributed by atoms with Crippen molar-refractivity contribution in [3.63, 3.8) is 0 Å². The van der Waals surface area contributed by atoms with Gasteiger partial charge in [0.25, 0.3) is 0 Å². The van der Waals surface area contributed by atoms with Crippen molar-refractivity contribution in [3.8, 4) is 5.75 Å². The molecular weight excluding hydrogens is 388 g/mol. The zero-order valence-electron chi connectivity index (χ0n) is 19.5. The van der Waals surface area contributed by atoms with E-state index in [0.29, 0.717) is 11.7 Å². The number of ether oxygens (including phenoxy) is 1. The molecule has 0 aliphatic heterocycles. The highest BCUT2D eigenvalue weighted by Gasteiger charge is 2.49. The molecule has 2 aliphatic carbocycles. The number of unbranched alkanes of at least 4 members (excludes halogenated alkanes) is 2. The zero-order chi connectivity index (χ0) is 22.8. The number of allylic oxidation sites excluding steroid dienone is 3. The van der Waals surface area contributed by atoms with Crippen molar-refractivity contribution < 1.29 is 19.4 Å². The Kier molecular flexibility index (Phi) is 6.78. The summed E-state index contributed by atoms with van der Waals surface area (Å²) in [6, 6.07) is 6.05. The third-order valence-electron chi connectivity index (χ3n) is 7.06. The number of carbonyl (C=O) groups excluding carboxylic acids is 1. The van der Waals surface area contributed by atoms with E-state index in [-0.39, 0.29) is 28.3 Å². The van der Waals surface area contributed by atoms with Crippen LogP contribution < -0.4 is 4.74 Å². The smallest absolute Gasteiger partial charge is 0.335 e. The van der Waals surface area contributed by atoms with Gasteiger partial charge in [0.2, 0.25) is 0 Å². The van der Waals surface area contributed by atoms with Crippen molar-refractivity contribution in [2.24, 2.45) is 22.7 Å². The summed E-state index contributed by atoms with van der Waals surface area (Å²) in [6.07, 6.45) is 10.5. The Hall–Kier alpha value is -2.36. The van der Waals surface area contributed by atoms with Crippen LogP contribution in [0.25, 0.3) is 0 Å². The molecule has 0 heterocycles. The first-order valence-electron chi connectivity index (χ1n) is 11.5. The molecule has 2 unspecified atom stereocenters. The highest BCUT2D eigenvalue weighted by atomic mass is 16.5. The van der Waals surface area contributed by atoms with E-state index in [2.05, 4.69) is 46.8 Å². The Morgan fingerprint density at radius 3 is 2.39 bits per heavy atom. The van der Waals surface area contributed by atoms with Crippen LogP contribution in [0.5, 0.6) is 5.75 Å². The summed E-state index contributed by atoms with van der Waals surface area (Å²) in [4.78, 5) is 24.3. The van der Waals surface area contributed by atoms with Crippen LogP contribution >= 0.6 is 0 Å². The quantitative estimate of drug-likeness (QED) is 0.283. The van der Waals surface area contributed by atoms with Gasteiger partial charge in [-0.05, 0) is 60.3 Å². The van der Waals surface area contributed by atoms with Gasteiger partial charge in [-0.1, -0.05) is 77.2 Å². The molecule has 0 spiro atoms.